The van der Waals surface area contributed by atoms with Gasteiger partial charge >= 0.3 is 0 Å². The van der Waals surface area contributed by atoms with Gasteiger partial charge in [0.25, 0.3) is 0 Å². The van der Waals surface area contributed by atoms with Crippen molar-refractivity contribution in [3.8, 4) is 0 Å². The summed E-state index contributed by atoms with van der Waals surface area (Å²) >= 11 is 0. The molecule has 5 heteroatoms. The molecule has 0 amide bonds. The van der Waals surface area contributed by atoms with Crippen molar-refractivity contribution in [3.63, 3.8) is 0 Å². The quantitative estimate of drug-likeness (QED) is 0.803. The highest BCUT2D eigenvalue weighted by Crippen LogP contribution is 2.18. The van der Waals surface area contributed by atoms with Crippen LogP contribution in [-0.4, -0.2) is 44.2 Å². The molecule has 0 saturated carbocycles. The lowest BCUT2D eigenvalue weighted by Gasteiger charge is -2.35. The van der Waals surface area contributed by atoms with Gasteiger partial charge in [-0.1, -0.05) is 6.92 Å². The van der Waals surface area contributed by atoms with Gasteiger partial charge in [-0.15, -0.1) is 0 Å². The van der Waals surface area contributed by atoms with Crippen LogP contribution < -0.4 is 5.32 Å². The van der Waals surface area contributed by atoms with E-state index in [0.29, 0.717) is 18.7 Å². The summed E-state index contributed by atoms with van der Waals surface area (Å²) in [5.41, 5.74) is 0. The molecule has 0 radical (unpaired) electrons. The zero-order chi connectivity index (χ0) is 13.8. The summed E-state index contributed by atoms with van der Waals surface area (Å²) in [6.45, 7) is 8.07. The van der Waals surface area contributed by atoms with Crippen LogP contribution in [0.4, 0.5) is 0 Å². The molecule has 1 N–H and O–H groups in total. The fourth-order valence-corrected chi connectivity index (χ4v) is 3.10. The third kappa shape index (κ3) is 4.52. The molecule has 108 valence electrons. The summed E-state index contributed by atoms with van der Waals surface area (Å²) in [5.74, 6) is 0.132. The van der Waals surface area contributed by atoms with E-state index in [1.807, 2.05) is 0 Å². The highest BCUT2D eigenvalue weighted by molar-refractivity contribution is 7.91. The molecular formula is C13H27NO3S. The molecule has 0 spiro atoms. The Morgan fingerprint density at radius 3 is 2.56 bits per heavy atom. The molecule has 0 aliphatic carbocycles. The lowest BCUT2D eigenvalue weighted by atomic mass is 9.95. The first-order valence-electron chi connectivity index (χ1n) is 6.96. The van der Waals surface area contributed by atoms with Crippen LogP contribution in [0.25, 0.3) is 0 Å². The van der Waals surface area contributed by atoms with Crippen molar-refractivity contribution >= 4 is 9.84 Å². The summed E-state index contributed by atoms with van der Waals surface area (Å²) in [5, 5.41) is 3.20. The molecule has 0 aromatic carbocycles. The van der Waals surface area contributed by atoms with Crippen LogP contribution in [0, 0.1) is 0 Å². The van der Waals surface area contributed by atoms with E-state index in [1.165, 1.54) is 0 Å². The molecule has 0 aromatic heterocycles. The summed E-state index contributed by atoms with van der Waals surface area (Å²) in [6.07, 6.45) is 3.30. The minimum Gasteiger partial charge on any atom is -0.376 e. The third-order valence-corrected chi connectivity index (χ3v) is 5.86. The van der Waals surface area contributed by atoms with E-state index in [-0.39, 0.29) is 17.1 Å². The van der Waals surface area contributed by atoms with Crippen LogP contribution in [0.15, 0.2) is 0 Å². The minimum absolute atomic E-state index is 0.132. The van der Waals surface area contributed by atoms with Gasteiger partial charge in [0, 0.05) is 12.1 Å². The van der Waals surface area contributed by atoms with Gasteiger partial charge in [-0.3, -0.25) is 0 Å². The van der Waals surface area contributed by atoms with Crippen LogP contribution in [-0.2, 0) is 14.6 Å². The Hall–Kier alpha value is -0.130. The zero-order valence-electron chi connectivity index (χ0n) is 12.0. The summed E-state index contributed by atoms with van der Waals surface area (Å²) in [7, 11) is -2.98. The number of hydrogen-bond acceptors (Lipinski definition) is 4. The smallest absolute Gasteiger partial charge is 0.154 e. The van der Waals surface area contributed by atoms with E-state index in [9.17, 15) is 8.42 Å². The number of sulfone groups is 1. The first-order valence-corrected chi connectivity index (χ1v) is 8.67. The molecule has 0 aromatic rings. The first-order chi connectivity index (χ1) is 8.36. The number of rotatable bonds is 6. The summed E-state index contributed by atoms with van der Waals surface area (Å²) in [6, 6.07) is 0.893. The van der Waals surface area contributed by atoms with Crippen molar-refractivity contribution in [3.05, 3.63) is 0 Å². The van der Waals surface area contributed by atoms with Crippen LogP contribution >= 0.6 is 0 Å². The molecule has 1 fully saturated rings. The predicted octanol–water partition coefficient (Wildman–Crippen LogP) is 1.75. The Morgan fingerprint density at radius 1 is 1.33 bits per heavy atom. The average molecular weight is 277 g/mol. The van der Waals surface area contributed by atoms with Crippen molar-refractivity contribution in [2.45, 2.75) is 70.4 Å². The SMILES string of the molecule is CCC1NC(C)CCC1OCCS(=O)(=O)C(C)C. The zero-order valence-corrected chi connectivity index (χ0v) is 12.8. The van der Waals surface area contributed by atoms with Crippen LogP contribution in [0.1, 0.15) is 47.0 Å². The van der Waals surface area contributed by atoms with Gasteiger partial charge in [-0.2, -0.15) is 0 Å². The topological polar surface area (TPSA) is 55.4 Å². The van der Waals surface area contributed by atoms with Crippen molar-refractivity contribution in [2.75, 3.05) is 12.4 Å². The molecule has 1 aliphatic heterocycles. The highest BCUT2D eigenvalue weighted by atomic mass is 32.2. The molecule has 4 nitrogen and oxygen atoms in total. The second-order valence-corrected chi connectivity index (χ2v) is 8.16. The van der Waals surface area contributed by atoms with Crippen LogP contribution in [0.2, 0.25) is 0 Å². The third-order valence-electron chi connectivity index (χ3n) is 3.69. The molecule has 18 heavy (non-hydrogen) atoms. The maximum Gasteiger partial charge on any atom is 0.154 e. The van der Waals surface area contributed by atoms with E-state index in [4.69, 9.17) is 4.74 Å². The number of hydrogen-bond donors (Lipinski definition) is 1. The molecule has 3 unspecified atom stereocenters. The van der Waals surface area contributed by atoms with E-state index in [0.717, 1.165) is 19.3 Å². The number of ether oxygens (including phenoxy) is 1. The standard InChI is InChI=1S/C13H27NO3S/c1-5-12-13(7-6-11(4)14-12)17-8-9-18(15,16)10(2)3/h10-14H,5-9H2,1-4H3. The Balaban J connectivity index is 2.39. The number of piperidine rings is 1. The Kier molecular flexibility index (Phi) is 6.08. The first kappa shape index (κ1) is 15.9. The van der Waals surface area contributed by atoms with Gasteiger partial charge in [0.2, 0.25) is 0 Å². The summed E-state index contributed by atoms with van der Waals surface area (Å²) in [4.78, 5) is 0. The Labute approximate surface area is 111 Å². The van der Waals surface area contributed by atoms with Crippen molar-refractivity contribution in [1.82, 2.24) is 5.32 Å². The van der Waals surface area contributed by atoms with Crippen molar-refractivity contribution in [2.24, 2.45) is 0 Å². The molecule has 1 saturated heterocycles. The lowest BCUT2D eigenvalue weighted by molar-refractivity contribution is 0.00733. The van der Waals surface area contributed by atoms with Gasteiger partial charge in [0.1, 0.15) is 0 Å². The second kappa shape index (κ2) is 6.87. The van der Waals surface area contributed by atoms with Crippen molar-refractivity contribution in [1.29, 1.82) is 0 Å². The van der Waals surface area contributed by atoms with Crippen LogP contribution in [0.3, 0.4) is 0 Å². The average Bonchev–Trinajstić information content (AvgIpc) is 2.30. The Morgan fingerprint density at radius 2 is 2.00 bits per heavy atom. The molecule has 3 atom stereocenters. The minimum atomic E-state index is -2.98. The largest absolute Gasteiger partial charge is 0.376 e. The molecule has 0 bridgehead atoms. The van der Waals surface area contributed by atoms with Crippen LogP contribution in [0.5, 0.6) is 0 Å². The predicted molar refractivity (Wildman–Crippen MR) is 74.6 cm³/mol. The van der Waals surface area contributed by atoms with E-state index in [2.05, 4.69) is 19.2 Å². The maximum absolute atomic E-state index is 11.7. The fraction of sp³-hybridized carbons (Fsp3) is 1.00. The fourth-order valence-electron chi connectivity index (χ4n) is 2.30. The van der Waals surface area contributed by atoms with E-state index < -0.39 is 9.84 Å². The summed E-state index contributed by atoms with van der Waals surface area (Å²) < 4.78 is 29.1. The van der Waals surface area contributed by atoms with Gasteiger partial charge in [-0.25, -0.2) is 8.42 Å². The monoisotopic (exact) mass is 277 g/mol. The van der Waals surface area contributed by atoms with Gasteiger partial charge in [0.05, 0.1) is 23.7 Å². The van der Waals surface area contributed by atoms with E-state index >= 15 is 0 Å². The molecule has 1 rings (SSSR count). The second-order valence-electron chi connectivity index (χ2n) is 5.48. The Bertz CT molecular complexity index is 340. The number of nitrogens with one attached hydrogen (secondary N) is 1. The van der Waals surface area contributed by atoms with Gasteiger partial charge < -0.3 is 10.1 Å². The van der Waals surface area contributed by atoms with Gasteiger partial charge in [-0.05, 0) is 40.0 Å². The molecular weight excluding hydrogens is 250 g/mol. The van der Waals surface area contributed by atoms with Crippen molar-refractivity contribution < 1.29 is 13.2 Å². The highest BCUT2D eigenvalue weighted by Gasteiger charge is 2.27. The van der Waals surface area contributed by atoms with Gasteiger partial charge in [0.15, 0.2) is 9.84 Å². The molecule has 1 aliphatic rings. The van der Waals surface area contributed by atoms with E-state index in [1.54, 1.807) is 13.8 Å². The lowest BCUT2D eigenvalue weighted by Crippen LogP contribution is -2.50. The maximum atomic E-state index is 11.7. The molecule has 1 heterocycles. The normalized spacial score (nSPS) is 29.7.